The Hall–Kier alpha value is -1.16. The fourth-order valence-electron chi connectivity index (χ4n) is 2.00. The molecular formula is C13H23N3O. The van der Waals surface area contributed by atoms with Crippen molar-refractivity contribution in [1.82, 2.24) is 9.78 Å². The van der Waals surface area contributed by atoms with Crippen LogP contribution < -0.4 is 5.73 Å². The minimum absolute atomic E-state index is 0.0201. The number of nitrogens with two attached hydrogens (primary N) is 1. The fourth-order valence-corrected chi connectivity index (χ4v) is 2.00. The van der Waals surface area contributed by atoms with Gasteiger partial charge in [-0.05, 0) is 24.3 Å². The summed E-state index contributed by atoms with van der Waals surface area (Å²) in [5, 5.41) is 4.09. The quantitative estimate of drug-likeness (QED) is 0.782. The summed E-state index contributed by atoms with van der Waals surface area (Å²) in [5.41, 5.74) is 6.77. The van der Waals surface area contributed by atoms with E-state index in [0.717, 1.165) is 18.4 Å². The van der Waals surface area contributed by atoms with Crippen LogP contribution in [0.2, 0.25) is 0 Å². The van der Waals surface area contributed by atoms with Crippen molar-refractivity contribution in [2.24, 2.45) is 24.6 Å². The number of rotatable bonds is 7. The molecule has 0 aliphatic carbocycles. The molecule has 2 N–H and O–H groups in total. The van der Waals surface area contributed by atoms with Gasteiger partial charge in [-0.25, -0.2) is 0 Å². The molecule has 1 atom stereocenters. The van der Waals surface area contributed by atoms with E-state index in [1.807, 2.05) is 19.4 Å². The van der Waals surface area contributed by atoms with Crippen molar-refractivity contribution < 1.29 is 4.79 Å². The summed E-state index contributed by atoms with van der Waals surface area (Å²) >= 11 is 0. The first kappa shape index (κ1) is 13.9. The lowest BCUT2D eigenvalue weighted by molar-refractivity contribution is -0.123. The van der Waals surface area contributed by atoms with Crippen molar-refractivity contribution in [3.05, 3.63) is 18.0 Å². The monoisotopic (exact) mass is 237 g/mol. The van der Waals surface area contributed by atoms with E-state index in [1.54, 1.807) is 4.68 Å². The molecule has 1 aromatic heterocycles. The van der Waals surface area contributed by atoms with Gasteiger partial charge in [0.15, 0.2) is 0 Å². The van der Waals surface area contributed by atoms with Gasteiger partial charge in [-0.15, -0.1) is 0 Å². The summed E-state index contributed by atoms with van der Waals surface area (Å²) in [7, 11) is 1.88. The molecule has 1 unspecified atom stereocenters. The van der Waals surface area contributed by atoms with Crippen molar-refractivity contribution in [2.75, 3.05) is 6.54 Å². The van der Waals surface area contributed by atoms with E-state index >= 15 is 0 Å². The molecule has 1 rings (SSSR count). The van der Waals surface area contributed by atoms with Crippen LogP contribution in [0.5, 0.6) is 0 Å². The van der Waals surface area contributed by atoms with Crippen LogP contribution in [0.4, 0.5) is 0 Å². The van der Waals surface area contributed by atoms with Crippen molar-refractivity contribution in [3.63, 3.8) is 0 Å². The maximum Gasteiger partial charge on any atom is 0.137 e. The van der Waals surface area contributed by atoms with Gasteiger partial charge in [-0.3, -0.25) is 9.48 Å². The minimum atomic E-state index is 0.0201. The molecule has 0 bridgehead atoms. The molecule has 1 aromatic rings. The standard InChI is InChI=1S/C13H23N3O/c1-10(2)6-12(7-14)13(17)5-4-11-8-15-16(3)9-11/h8-10,12H,4-7,14H2,1-3H3. The highest BCUT2D eigenvalue weighted by molar-refractivity contribution is 5.81. The molecule has 0 fully saturated rings. The van der Waals surface area contributed by atoms with E-state index in [2.05, 4.69) is 18.9 Å². The zero-order valence-electron chi connectivity index (χ0n) is 11.0. The molecule has 4 nitrogen and oxygen atoms in total. The zero-order chi connectivity index (χ0) is 12.8. The molecule has 0 amide bonds. The van der Waals surface area contributed by atoms with E-state index < -0.39 is 0 Å². The van der Waals surface area contributed by atoms with Crippen LogP contribution in [0.1, 0.15) is 32.3 Å². The second-order valence-electron chi connectivity index (χ2n) is 5.05. The maximum atomic E-state index is 12.0. The SMILES string of the molecule is CC(C)CC(CN)C(=O)CCc1cnn(C)c1. The summed E-state index contributed by atoms with van der Waals surface area (Å²) in [5.74, 6) is 0.822. The number of carbonyl (C=O) groups excluding carboxylic acids is 1. The first-order chi connectivity index (χ1) is 8.02. The Balaban J connectivity index is 2.42. The van der Waals surface area contributed by atoms with E-state index in [0.29, 0.717) is 18.9 Å². The average Bonchev–Trinajstić information content (AvgIpc) is 2.68. The highest BCUT2D eigenvalue weighted by atomic mass is 16.1. The topological polar surface area (TPSA) is 60.9 Å². The molecule has 0 spiro atoms. The van der Waals surface area contributed by atoms with E-state index in [-0.39, 0.29) is 11.7 Å². The number of carbonyl (C=O) groups is 1. The largest absolute Gasteiger partial charge is 0.330 e. The minimum Gasteiger partial charge on any atom is -0.330 e. The highest BCUT2D eigenvalue weighted by Crippen LogP contribution is 2.14. The zero-order valence-corrected chi connectivity index (χ0v) is 11.0. The Morgan fingerprint density at radius 3 is 2.71 bits per heavy atom. The summed E-state index contributed by atoms with van der Waals surface area (Å²) in [6.07, 6.45) is 5.99. The Bertz CT molecular complexity index is 357. The second kappa shape index (κ2) is 6.55. The van der Waals surface area contributed by atoms with E-state index in [9.17, 15) is 4.79 Å². The molecule has 0 saturated heterocycles. The van der Waals surface area contributed by atoms with Gasteiger partial charge in [-0.2, -0.15) is 5.10 Å². The molecule has 0 aliphatic rings. The highest BCUT2D eigenvalue weighted by Gasteiger charge is 2.17. The fraction of sp³-hybridized carbons (Fsp3) is 0.692. The lowest BCUT2D eigenvalue weighted by Gasteiger charge is -2.15. The summed E-state index contributed by atoms with van der Waals surface area (Å²) in [6.45, 7) is 4.71. The van der Waals surface area contributed by atoms with Gasteiger partial charge >= 0.3 is 0 Å². The van der Waals surface area contributed by atoms with Gasteiger partial charge in [0.25, 0.3) is 0 Å². The van der Waals surface area contributed by atoms with Crippen LogP contribution in [-0.4, -0.2) is 22.1 Å². The number of aromatic nitrogens is 2. The molecule has 0 aliphatic heterocycles. The molecule has 96 valence electrons. The normalized spacial score (nSPS) is 13.0. The average molecular weight is 237 g/mol. The second-order valence-corrected chi connectivity index (χ2v) is 5.05. The summed E-state index contributed by atoms with van der Waals surface area (Å²) in [4.78, 5) is 12.0. The predicted octanol–water partition coefficient (Wildman–Crippen LogP) is 1.54. The third kappa shape index (κ3) is 4.69. The van der Waals surface area contributed by atoms with Gasteiger partial charge in [0.1, 0.15) is 5.78 Å². The number of Topliss-reactive ketones (excluding diaryl/α,β-unsaturated/α-hetero) is 1. The Morgan fingerprint density at radius 1 is 1.53 bits per heavy atom. The van der Waals surface area contributed by atoms with E-state index in [1.165, 1.54) is 0 Å². The van der Waals surface area contributed by atoms with Crippen molar-refractivity contribution in [3.8, 4) is 0 Å². The van der Waals surface area contributed by atoms with E-state index in [4.69, 9.17) is 5.73 Å². The molecule has 0 saturated carbocycles. The van der Waals surface area contributed by atoms with Crippen LogP contribution in [-0.2, 0) is 18.3 Å². The van der Waals surface area contributed by atoms with Crippen LogP contribution in [0.3, 0.4) is 0 Å². The molecule has 1 heterocycles. The molecule has 0 radical (unpaired) electrons. The number of nitrogens with zero attached hydrogens (tertiary/aromatic N) is 2. The first-order valence-electron chi connectivity index (χ1n) is 6.23. The van der Waals surface area contributed by atoms with Crippen LogP contribution in [0, 0.1) is 11.8 Å². The van der Waals surface area contributed by atoms with Crippen molar-refractivity contribution >= 4 is 5.78 Å². The number of hydrogen-bond donors (Lipinski definition) is 1. The third-order valence-electron chi connectivity index (χ3n) is 2.91. The number of hydrogen-bond acceptors (Lipinski definition) is 3. The Kier molecular flexibility index (Phi) is 5.35. The number of aryl methyl sites for hydroxylation is 2. The van der Waals surface area contributed by atoms with Crippen molar-refractivity contribution in [2.45, 2.75) is 33.1 Å². The van der Waals surface area contributed by atoms with Crippen LogP contribution >= 0.6 is 0 Å². The van der Waals surface area contributed by atoms with Crippen LogP contribution in [0.15, 0.2) is 12.4 Å². The van der Waals surface area contributed by atoms with Gasteiger partial charge in [0, 0.05) is 32.1 Å². The van der Waals surface area contributed by atoms with Gasteiger partial charge < -0.3 is 5.73 Å². The third-order valence-corrected chi connectivity index (χ3v) is 2.91. The van der Waals surface area contributed by atoms with Gasteiger partial charge in [0.05, 0.1) is 6.20 Å². The molecular weight excluding hydrogens is 214 g/mol. The lowest BCUT2D eigenvalue weighted by atomic mass is 9.91. The molecule has 17 heavy (non-hydrogen) atoms. The lowest BCUT2D eigenvalue weighted by Crippen LogP contribution is -2.25. The molecule has 0 aromatic carbocycles. The Morgan fingerprint density at radius 2 is 2.24 bits per heavy atom. The predicted molar refractivity (Wildman–Crippen MR) is 68.5 cm³/mol. The maximum absolute atomic E-state index is 12.0. The first-order valence-corrected chi connectivity index (χ1v) is 6.23. The number of ketones is 1. The smallest absolute Gasteiger partial charge is 0.137 e. The Labute approximate surface area is 103 Å². The van der Waals surface area contributed by atoms with Gasteiger partial charge in [-0.1, -0.05) is 13.8 Å². The summed E-state index contributed by atoms with van der Waals surface area (Å²) in [6, 6.07) is 0. The van der Waals surface area contributed by atoms with Gasteiger partial charge in [0.2, 0.25) is 0 Å². The van der Waals surface area contributed by atoms with Crippen LogP contribution in [0.25, 0.3) is 0 Å². The molecule has 4 heteroatoms. The van der Waals surface area contributed by atoms with Crippen molar-refractivity contribution in [1.29, 1.82) is 0 Å². The summed E-state index contributed by atoms with van der Waals surface area (Å²) < 4.78 is 1.76.